The van der Waals surface area contributed by atoms with Crippen LogP contribution in [0.5, 0.6) is 0 Å². The number of hydrogen-bond acceptors (Lipinski definition) is 4. The normalized spacial score (nSPS) is 13.0. The van der Waals surface area contributed by atoms with Crippen LogP contribution < -0.4 is 10.6 Å². The maximum absolute atomic E-state index is 13.0. The first-order valence-electron chi connectivity index (χ1n) is 9.19. The van der Waals surface area contributed by atoms with E-state index in [2.05, 4.69) is 30.5 Å². The largest absolute Gasteiger partial charge is 0.348 e. The first kappa shape index (κ1) is 20.3. The Labute approximate surface area is 173 Å². The molecule has 0 saturated carbocycles. The molecule has 3 aromatic rings. The van der Waals surface area contributed by atoms with Gasteiger partial charge in [-0.25, -0.2) is 0 Å². The highest BCUT2D eigenvalue weighted by Gasteiger charge is 2.24. The van der Waals surface area contributed by atoms with Crippen LogP contribution in [0.3, 0.4) is 0 Å². The molecule has 6 heteroatoms. The second-order valence-electron chi connectivity index (χ2n) is 6.79. The zero-order valence-corrected chi connectivity index (χ0v) is 17.8. The summed E-state index contributed by atoms with van der Waals surface area (Å²) in [5.41, 5.74) is 2.13. The van der Waals surface area contributed by atoms with Crippen LogP contribution in [0, 0.1) is 13.8 Å². The lowest BCUT2D eigenvalue weighted by Crippen LogP contribution is -2.48. The van der Waals surface area contributed by atoms with Crippen LogP contribution in [0.2, 0.25) is 0 Å². The van der Waals surface area contributed by atoms with Gasteiger partial charge in [0.1, 0.15) is 6.04 Å². The Morgan fingerprint density at radius 2 is 1.79 bits per heavy atom. The van der Waals surface area contributed by atoms with E-state index in [0.717, 1.165) is 11.1 Å². The minimum atomic E-state index is -0.639. The van der Waals surface area contributed by atoms with E-state index in [-0.39, 0.29) is 17.9 Å². The van der Waals surface area contributed by atoms with Gasteiger partial charge in [-0.15, -0.1) is 22.7 Å². The molecular formula is C22H24N2O2S2. The van der Waals surface area contributed by atoms with Gasteiger partial charge in [0.2, 0.25) is 5.91 Å². The zero-order valence-electron chi connectivity index (χ0n) is 16.2. The van der Waals surface area contributed by atoms with Gasteiger partial charge in [0, 0.05) is 16.2 Å². The van der Waals surface area contributed by atoms with Gasteiger partial charge in [0.25, 0.3) is 5.91 Å². The maximum Gasteiger partial charge on any atom is 0.262 e. The van der Waals surface area contributed by atoms with Crippen molar-refractivity contribution < 1.29 is 9.59 Å². The molecule has 2 amide bonds. The summed E-state index contributed by atoms with van der Waals surface area (Å²) < 4.78 is 0. The summed E-state index contributed by atoms with van der Waals surface area (Å²) in [6.07, 6.45) is 0.443. The molecule has 0 aliphatic heterocycles. The van der Waals surface area contributed by atoms with Crippen LogP contribution >= 0.6 is 22.7 Å². The number of carbonyl (C=O) groups excluding carboxylic acids is 2. The van der Waals surface area contributed by atoms with E-state index in [1.165, 1.54) is 21.1 Å². The lowest BCUT2D eigenvalue weighted by atomic mass is 10.0. The van der Waals surface area contributed by atoms with Crippen molar-refractivity contribution in [2.45, 2.75) is 39.3 Å². The van der Waals surface area contributed by atoms with Crippen molar-refractivity contribution in [3.05, 3.63) is 79.7 Å². The molecule has 4 nitrogen and oxygen atoms in total. The minimum absolute atomic E-state index is 0.116. The summed E-state index contributed by atoms with van der Waals surface area (Å²) in [6, 6.07) is 14.7. The van der Waals surface area contributed by atoms with Crippen molar-refractivity contribution in [1.82, 2.24) is 10.6 Å². The summed E-state index contributed by atoms with van der Waals surface area (Å²) in [7, 11) is 0. The lowest BCUT2D eigenvalue weighted by molar-refractivity contribution is -0.123. The maximum atomic E-state index is 13.0. The molecule has 2 N–H and O–H groups in total. The molecule has 0 spiro atoms. The third-order valence-corrected chi connectivity index (χ3v) is 6.40. The van der Waals surface area contributed by atoms with E-state index < -0.39 is 6.04 Å². The van der Waals surface area contributed by atoms with Gasteiger partial charge >= 0.3 is 0 Å². The topological polar surface area (TPSA) is 58.2 Å². The molecule has 3 rings (SSSR count). The van der Waals surface area contributed by atoms with Crippen molar-refractivity contribution in [2.24, 2.45) is 0 Å². The zero-order chi connectivity index (χ0) is 20.1. The Morgan fingerprint density at radius 1 is 1.04 bits per heavy atom. The molecule has 2 aromatic heterocycles. The quantitative estimate of drug-likeness (QED) is 0.594. The summed E-state index contributed by atoms with van der Waals surface area (Å²) in [5.74, 6) is -0.397. The van der Waals surface area contributed by atoms with Gasteiger partial charge in [-0.2, -0.15) is 0 Å². The molecule has 2 atom stereocenters. The second-order valence-corrected chi connectivity index (χ2v) is 9.20. The Morgan fingerprint density at radius 3 is 2.39 bits per heavy atom. The minimum Gasteiger partial charge on any atom is -0.348 e. The summed E-state index contributed by atoms with van der Waals surface area (Å²) in [5, 5.41) is 7.84. The van der Waals surface area contributed by atoms with E-state index in [0.29, 0.717) is 11.3 Å². The SMILES string of the molecule is Cc1cc([C@H](C)NC(=O)[C@H](Cc2ccccc2)NC(=O)c2cccs2)c(C)s1. The molecule has 1 aromatic carbocycles. The van der Waals surface area contributed by atoms with E-state index in [1.807, 2.05) is 48.7 Å². The second kappa shape index (κ2) is 9.17. The van der Waals surface area contributed by atoms with Gasteiger partial charge < -0.3 is 10.6 Å². The van der Waals surface area contributed by atoms with Crippen molar-refractivity contribution in [3.63, 3.8) is 0 Å². The van der Waals surface area contributed by atoms with Crippen LogP contribution in [-0.2, 0) is 11.2 Å². The fourth-order valence-electron chi connectivity index (χ4n) is 3.17. The number of rotatable bonds is 7. The molecule has 146 valence electrons. The highest BCUT2D eigenvalue weighted by molar-refractivity contribution is 7.12. The molecular weight excluding hydrogens is 388 g/mol. The van der Waals surface area contributed by atoms with Crippen LogP contribution in [0.15, 0.2) is 53.9 Å². The highest BCUT2D eigenvalue weighted by Crippen LogP contribution is 2.26. The van der Waals surface area contributed by atoms with Crippen LogP contribution in [-0.4, -0.2) is 17.9 Å². The molecule has 0 bridgehead atoms. The predicted octanol–water partition coefficient (Wildman–Crippen LogP) is 4.64. The van der Waals surface area contributed by atoms with Crippen LogP contribution in [0.4, 0.5) is 0 Å². The number of amides is 2. The Hall–Kier alpha value is -2.44. The Bertz CT molecular complexity index is 933. The monoisotopic (exact) mass is 412 g/mol. The van der Waals surface area contributed by atoms with Crippen molar-refractivity contribution in [1.29, 1.82) is 0 Å². The van der Waals surface area contributed by atoms with Crippen LogP contribution in [0.1, 0.15) is 43.5 Å². The third-order valence-electron chi connectivity index (χ3n) is 4.55. The average Bonchev–Trinajstić information content (AvgIpc) is 3.31. The van der Waals surface area contributed by atoms with Gasteiger partial charge in [-0.05, 0) is 49.4 Å². The van der Waals surface area contributed by atoms with Gasteiger partial charge in [0.15, 0.2) is 0 Å². The van der Waals surface area contributed by atoms with Gasteiger partial charge in [-0.3, -0.25) is 9.59 Å². The predicted molar refractivity (Wildman–Crippen MR) is 116 cm³/mol. The number of nitrogens with one attached hydrogen (secondary N) is 2. The Kier molecular flexibility index (Phi) is 6.65. The van der Waals surface area contributed by atoms with Gasteiger partial charge in [-0.1, -0.05) is 36.4 Å². The van der Waals surface area contributed by atoms with E-state index in [1.54, 1.807) is 17.4 Å². The number of carbonyl (C=O) groups is 2. The molecule has 0 aliphatic rings. The number of aryl methyl sites for hydroxylation is 2. The van der Waals surface area contributed by atoms with Crippen molar-refractivity contribution in [2.75, 3.05) is 0 Å². The number of thiophene rings is 2. The fraction of sp³-hybridized carbons (Fsp3) is 0.273. The summed E-state index contributed by atoms with van der Waals surface area (Å²) >= 11 is 3.09. The van der Waals surface area contributed by atoms with Crippen LogP contribution in [0.25, 0.3) is 0 Å². The van der Waals surface area contributed by atoms with Crippen molar-refractivity contribution >= 4 is 34.5 Å². The molecule has 0 aliphatic carbocycles. The molecule has 28 heavy (non-hydrogen) atoms. The van der Waals surface area contributed by atoms with E-state index in [9.17, 15) is 9.59 Å². The van der Waals surface area contributed by atoms with E-state index in [4.69, 9.17) is 0 Å². The smallest absolute Gasteiger partial charge is 0.262 e. The molecule has 2 heterocycles. The molecule has 0 radical (unpaired) electrons. The van der Waals surface area contributed by atoms with Crippen molar-refractivity contribution in [3.8, 4) is 0 Å². The lowest BCUT2D eigenvalue weighted by Gasteiger charge is -2.21. The number of benzene rings is 1. The fourth-order valence-corrected chi connectivity index (χ4v) is 4.82. The number of hydrogen-bond donors (Lipinski definition) is 2. The highest BCUT2D eigenvalue weighted by atomic mass is 32.1. The third kappa shape index (κ3) is 5.09. The standard InChI is InChI=1S/C22H24N2O2S2/c1-14-12-18(16(3)28-14)15(2)23-21(25)19(13-17-8-5-4-6-9-17)24-22(26)20-10-7-11-27-20/h4-12,15,19H,13H2,1-3H3,(H,23,25)(H,24,26)/t15-,19-/m0/s1. The van der Waals surface area contributed by atoms with Gasteiger partial charge in [0.05, 0.1) is 10.9 Å². The molecule has 0 saturated heterocycles. The average molecular weight is 413 g/mol. The Balaban J connectivity index is 1.75. The molecule has 0 unspecified atom stereocenters. The summed E-state index contributed by atoms with van der Waals surface area (Å²) in [4.78, 5) is 28.6. The first-order valence-corrected chi connectivity index (χ1v) is 10.9. The summed E-state index contributed by atoms with van der Waals surface area (Å²) in [6.45, 7) is 6.11. The van der Waals surface area contributed by atoms with E-state index >= 15 is 0 Å². The molecule has 0 fully saturated rings. The first-order chi connectivity index (χ1) is 13.4.